The summed E-state index contributed by atoms with van der Waals surface area (Å²) in [6, 6.07) is 8.48. The molecule has 4 aliphatic carbocycles. The van der Waals surface area contributed by atoms with Crippen molar-refractivity contribution in [3.8, 4) is 0 Å². The number of esters is 1. The minimum absolute atomic E-state index is 0.0597. The number of hydrogen-bond donors (Lipinski definition) is 0. The molecule has 2 heterocycles. The zero-order valence-corrected chi connectivity index (χ0v) is 21.3. The SMILES string of the molecule is CC(=O)O[C@H]1CC[C@@]2(C)C(=CC[C@@H]3[C@@H]2CC[C@]2(C)c4c(C)nc5nc6ccccc6n5c4C[C@@H]32)C1. The van der Waals surface area contributed by atoms with Gasteiger partial charge in [0.2, 0.25) is 5.78 Å². The van der Waals surface area contributed by atoms with Crippen LogP contribution in [0.2, 0.25) is 0 Å². The fourth-order valence-electron chi connectivity index (χ4n) is 9.00. The Kier molecular flexibility index (Phi) is 4.43. The van der Waals surface area contributed by atoms with Crippen LogP contribution in [-0.2, 0) is 21.4 Å². The molecular weight excluding hydrogens is 434 g/mol. The highest BCUT2D eigenvalue weighted by atomic mass is 16.5. The first-order valence-corrected chi connectivity index (χ1v) is 13.4. The third-order valence-electron chi connectivity index (χ3n) is 10.5. The lowest BCUT2D eigenvalue weighted by molar-refractivity contribution is -0.148. The molecule has 2 aromatic heterocycles. The molecule has 0 saturated heterocycles. The lowest BCUT2D eigenvalue weighted by atomic mass is 9.47. The van der Waals surface area contributed by atoms with Gasteiger partial charge in [-0.3, -0.25) is 9.20 Å². The van der Waals surface area contributed by atoms with E-state index in [1.165, 1.54) is 42.2 Å². The summed E-state index contributed by atoms with van der Waals surface area (Å²) in [5.41, 5.74) is 8.30. The number of fused-ring (bicyclic) bond motifs is 11. The Labute approximate surface area is 207 Å². The molecule has 0 aliphatic heterocycles. The number of carbonyl (C=O) groups excluding carboxylic acids is 1. The summed E-state index contributed by atoms with van der Waals surface area (Å²) in [7, 11) is 0. The second-order valence-electron chi connectivity index (χ2n) is 12.1. The molecule has 1 aromatic carbocycles. The maximum absolute atomic E-state index is 11.6. The molecule has 0 unspecified atom stereocenters. The Morgan fingerprint density at radius 1 is 1.06 bits per heavy atom. The fourth-order valence-corrected chi connectivity index (χ4v) is 9.00. The Hall–Kier alpha value is -2.69. The van der Waals surface area contributed by atoms with E-state index in [1.807, 2.05) is 0 Å². The summed E-state index contributed by atoms with van der Waals surface area (Å²) >= 11 is 0. The van der Waals surface area contributed by atoms with Crippen molar-refractivity contribution in [2.45, 2.75) is 84.2 Å². The number of para-hydroxylation sites is 2. The third kappa shape index (κ3) is 2.84. The predicted octanol–water partition coefficient (Wildman–Crippen LogP) is 6.10. The van der Waals surface area contributed by atoms with Crippen molar-refractivity contribution in [1.82, 2.24) is 14.4 Å². The van der Waals surface area contributed by atoms with Crippen molar-refractivity contribution >= 4 is 22.8 Å². The van der Waals surface area contributed by atoms with E-state index >= 15 is 0 Å². The van der Waals surface area contributed by atoms with E-state index in [0.29, 0.717) is 17.8 Å². The molecule has 4 aliphatic rings. The number of benzene rings is 1. The molecular formula is C30H35N3O2. The average molecular weight is 470 g/mol. The average Bonchev–Trinajstić information content (AvgIpc) is 3.34. The maximum Gasteiger partial charge on any atom is 0.302 e. The number of hydrogen-bond acceptors (Lipinski definition) is 4. The molecule has 5 heteroatoms. The Morgan fingerprint density at radius 3 is 2.69 bits per heavy atom. The lowest BCUT2D eigenvalue weighted by Gasteiger charge is -2.57. The number of nitrogens with zero attached hydrogens (tertiary/aromatic N) is 3. The fraction of sp³-hybridized carbons (Fsp3) is 0.567. The van der Waals surface area contributed by atoms with Crippen LogP contribution in [0.25, 0.3) is 16.8 Å². The first-order chi connectivity index (χ1) is 16.8. The summed E-state index contributed by atoms with van der Waals surface area (Å²) < 4.78 is 8.00. The van der Waals surface area contributed by atoms with Gasteiger partial charge in [-0.05, 0) is 91.7 Å². The van der Waals surface area contributed by atoms with Gasteiger partial charge in [0, 0.05) is 24.7 Å². The van der Waals surface area contributed by atoms with Crippen molar-refractivity contribution in [2.75, 3.05) is 0 Å². The summed E-state index contributed by atoms with van der Waals surface area (Å²) in [4.78, 5) is 21.5. The molecule has 2 saturated carbocycles. The Bertz CT molecular complexity index is 1420. The largest absolute Gasteiger partial charge is 0.462 e. The zero-order valence-electron chi connectivity index (χ0n) is 21.3. The van der Waals surface area contributed by atoms with E-state index in [1.54, 1.807) is 5.57 Å². The highest BCUT2D eigenvalue weighted by molar-refractivity contribution is 5.80. The van der Waals surface area contributed by atoms with Crippen molar-refractivity contribution < 1.29 is 9.53 Å². The smallest absolute Gasteiger partial charge is 0.302 e. The molecule has 0 N–H and O–H groups in total. The van der Waals surface area contributed by atoms with Crippen LogP contribution in [0.5, 0.6) is 0 Å². The third-order valence-corrected chi connectivity index (χ3v) is 10.5. The van der Waals surface area contributed by atoms with Crippen LogP contribution in [-0.4, -0.2) is 26.4 Å². The van der Waals surface area contributed by atoms with Crippen LogP contribution >= 0.6 is 0 Å². The van der Waals surface area contributed by atoms with Gasteiger partial charge in [0.15, 0.2) is 0 Å². The standard InChI is InChI=1S/C30H35N3O2/c1-17-27-26(33-25-8-6-5-7-24(25)32-28(33)31-17)16-23-21-10-9-19-15-20(35-18(2)34)11-13-29(19,3)22(21)12-14-30(23,27)4/h5-9,20-23H,10-16H2,1-4H3/t20-,21+,22-,23-,29-,30-/m0/s1. The molecule has 0 amide bonds. The van der Waals surface area contributed by atoms with Gasteiger partial charge < -0.3 is 4.74 Å². The van der Waals surface area contributed by atoms with Gasteiger partial charge in [0.05, 0.1) is 11.0 Å². The van der Waals surface area contributed by atoms with Gasteiger partial charge in [0.25, 0.3) is 0 Å². The molecule has 0 spiro atoms. The number of ether oxygens (including phenoxy) is 1. The van der Waals surface area contributed by atoms with Gasteiger partial charge in [0.1, 0.15) is 6.10 Å². The molecule has 35 heavy (non-hydrogen) atoms. The second kappa shape index (κ2) is 7.18. The lowest BCUT2D eigenvalue weighted by Crippen LogP contribution is -2.51. The number of rotatable bonds is 1. The molecule has 0 bridgehead atoms. The van der Waals surface area contributed by atoms with Gasteiger partial charge >= 0.3 is 5.97 Å². The maximum atomic E-state index is 11.6. The predicted molar refractivity (Wildman–Crippen MR) is 136 cm³/mol. The Balaban J connectivity index is 1.30. The number of imidazole rings is 1. The normalized spacial score (nSPS) is 35.7. The molecule has 182 valence electrons. The molecule has 3 aromatic rings. The van der Waals surface area contributed by atoms with E-state index in [-0.39, 0.29) is 22.9 Å². The highest BCUT2D eigenvalue weighted by Gasteiger charge is 2.58. The second-order valence-corrected chi connectivity index (χ2v) is 12.1. The van der Waals surface area contributed by atoms with Gasteiger partial charge in [-0.25, -0.2) is 9.97 Å². The monoisotopic (exact) mass is 469 g/mol. The topological polar surface area (TPSA) is 56.5 Å². The van der Waals surface area contributed by atoms with Gasteiger partial charge in [-0.15, -0.1) is 0 Å². The first-order valence-electron chi connectivity index (χ1n) is 13.4. The summed E-state index contributed by atoms with van der Waals surface area (Å²) in [6.45, 7) is 8.78. The van der Waals surface area contributed by atoms with Crippen LogP contribution in [0.3, 0.4) is 0 Å². The molecule has 5 nitrogen and oxygen atoms in total. The van der Waals surface area contributed by atoms with E-state index in [4.69, 9.17) is 14.7 Å². The van der Waals surface area contributed by atoms with Crippen LogP contribution in [0, 0.1) is 30.1 Å². The van der Waals surface area contributed by atoms with Crippen LogP contribution < -0.4 is 0 Å². The van der Waals surface area contributed by atoms with E-state index in [9.17, 15) is 4.79 Å². The number of allylic oxidation sites excluding steroid dienone is 1. The van der Waals surface area contributed by atoms with E-state index in [0.717, 1.165) is 43.4 Å². The highest BCUT2D eigenvalue weighted by Crippen LogP contribution is 2.64. The number of aryl methyl sites for hydroxylation is 1. The van der Waals surface area contributed by atoms with Crippen molar-refractivity contribution in [1.29, 1.82) is 0 Å². The van der Waals surface area contributed by atoms with E-state index in [2.05, 4.69) is 55.5 Å². The molecule has 7 rings (SSSR count). The molecule has 0 radical (unpaired) electrons. The summed E-state index contributed by atoms with van der Waals surface area (Å²) in [6.07, 6.45) is 10.4. The van der Waals surface area contributed by atoms with Crippen molar-refractivity contribution in [3.63, 3.8) is 0 Å². The van der Waals surface area contributed by atoms with Gasteiger partial charge in [-0.2, -0.15) is 0 Å². The van der Waals surface area contributed by atoms with Gasteiger partial charge in [-0.1, -0.05) is 37.6 Å². The van der Waals surface area contributed by atoms with Crippen LogP contribution in [0.15, 0.2) is 35.9 Å². The first kappa shape index (κ1) is 21.6. The molecule has 2 fully saturated rings. The minimum atomic E-state index is -0.146. The van der Waals surface area contributed by atoms with Crippen molar-refractivity contribution in [3.05, 3.63) is 52.9 Å². The number of aromatic nitrogens is 3. The quantitative estimate of drug-likeness (QED) is 0.319. The minimum Gasteiger partial charge on any atom is -0.462 e. The Morgan fingerprint density at radius 2 is 1.86 bits per heavy atom. The van der Waals surface area contributed by atoms with Crippen LogP contribution in [0.4, 0.5) is 0 Å². The van der Waals surface area contributed by atoms with E-state index < -0.39 is 0 Å². The molecule has 6 atom stereocenters. The number of carbonyl (C=O) groups is 1. The summed E-state index contributed by atoms with van der Waals surface area (Å²) in [5.74, 6) is 2.72. The van der Waals surface area contributed by atoms with Crippen LogP contribution in [0.1, 0.15) is 76.2 Å². The zero-order chi connectivity index (χ0) is 24.1. The van der Waals surface area contributed by atoms with Crippen molar-refractivity contribution in [2.24, 2.45) is 23.2 Å². The summed E-state index contributed by atoms with van der Waals surface area (Å²) in [5, 5.41) is 0.